The highest BCUT2D eigenvalue weighted by Crippen LogP contribution is 2.15. The van der Waals surface area contributed by atoms with Crippen LogP contribution >= 0.6 is 0 Å². The van der Waals surface area contributed by atoms with Crippen molar-refractivity contribution in [1.29, 1.82) is 0 Å². The Morgan fingerprint density at radius 1 is 1.10 bits per heavy atom. The number of sulfonamides is 1. The zero-order valence-electron chi connectivity index (χ0n) is 11.4. The number of nitrogens with one attached hydrogen (secondary N) is 1. The van der Waals surface area contributed by atoms with Gasteiger partial charge in [0.2, 0.25) is 5.96 Å². The van der Waals surface area contributed by atoms with Crippen LogP contribution in [0, 0.1) is 0 Å². The van der Waals surface area contributed by atoms with E-state index < -0.39 is 10.0 Å². The summed E-state index contributed by atoms with van der Waals surface area (Å²) in [6.45, 7) is 0. The van der Waals surface area contributed by atoms with E-state index in [2.05, 4.69) is 9.71 Å². The zero-order valence-corrected chi connectivity index (χ0v) is 12.2. The maximum atomic E-state index is 12.0. The Balaban J connectivity index is 2.17. The van der Waals surface area contributed by atoms with Gasteiger partial charge in [-0.3, -0.25) is 0 Å². The molecule has 0 heterocycles. The number of ether oxygens (including phenoxy) is 1. The smallest absolute Gasteiger partial charge is 0.285 e. The Labute approximate surface area is 123 Å². The minimum absolute atomic E-state index is 0.0875. The molecular weight excluding hydrogens is 290 g/mol. The Kier molecular flexibility index (Phi) is 4.44. The normalized spacial score (nSPS) is 12.0. The third-order valence-electron chi connectivity index (χ3n) is 2.62. The molecule has 0 aromatic heterocycles. The number of anilines is 1. The largest absolute Gasteiger partial charge is 0.497 e. The molecule has 3 N–H and O–H groups in total. The minimum atomic E-state index is -3.82. The maximum Gasteiger partial charge on any atom is 0.285 e. The molecule has 0 spiro atoms. The Bertz CT molecular complexity index is 726. The van der Waals surface area contributed by atoms with Gasteiger partial charge in [0.15, 0.2) is 0 Å². The maximum absolute atomic E-state index is 12.0. The summed E-state index contributed by atoms with van der Waals surface area (Å²) in [7, 11) is -2.26. The first-order valence-corrected chi connectivity index (χ1v) is 7.52. The van der Waals surface area contributed by atoms with Gasteiger partial charge in [-0.25, -0.2) is 0 Å². The second-order valence-electron chi connectivity index (χ2n) is 4.12. The van der Waals surface area contributed by atoms with E-state index in [0.717, 1.165) is 0 Å². The van der Waals surface area contributed by atoms with Crippen LogP contribution in [0.5, 0.6) is 5.75 Å². The van der Waals surface area contributed by atoms with Gasteiger partial charge in [0.1, 0.15) is 5.75 Å². The minimum Gasteiger partial charge on any atom is -0.497 e. The molecule has 0 radical (unpaired) electrons. The van der Waals surface area contributed by atoms with Crippen LogP contribution in [0.1, 0.15) is 0 Å². The van der Waals surface area contributed by atoms with E-state index in [1.54, 1.807) is 49.6 Å². The van der Waals surface area contributed by atoms with E-state index >= 15 is 0 Å². The summed E-state index contributed by atoms with van der Waals surface area (Å²) >= 11 is 0. The van der Waals surface area contributed by atoms with Crippen molar-refractivity contribution in [3.8, 4) is 5.75 Å². The fraction of sp³-hybridized carbons (Fsp3) is 0.0714. The van der Waals surface area contributed by atoms with Gasteiger partial charge in [0.25, 0.3) is 10.0 Å². The van der Waals surface area contributed by atoms with Crippen LogP contribution in [-0.2, 0) is 10.0 Å². The fourth-order valence-corrected chi connectivity index (χ4v) is 2.53. The van der Waals surface area contributed by atoms with Gasteiger partial charge in [-0.15, -0.1) is 4.40 Å². The molecule has 0 bridgehead atoms. The topological polar surface area (TPSA) is 93.8 Å². The Hall–Kier alpha value is -2.54. The molecule has 0 amide bonds. The number of hydrogen-bond acceptors (Lipinski definition) is 3. The summed E-state index contributed by atoms with van der Waals surface area (Å²) in [5, 5.41) is 2.71. The molecule has 2 aromatic rings. The van der Waals surface area contributed by atoms with Gasteiger partial charge < -0.3 is 15.8 Å². The van der Waals surface area contributed by atoms with Gasteiger partial charge in [0.05, 0.1) is 12.0 Å². The van der Waals surface area contributed by atoms with Gasteiger partial charge in [-0.1, -0.05) is 18.2 Å². The summed E-state index contributed by atoms with van der Waals surface area (Å²) < 4.78 is 32.6. The van der Waals surface area contributed by atoms with E-state index in [4.69, 9.17) is 10.5 Å². The van der Waals surface area contributed by atoms with Crippen molar-refractivity contribution in [2.45, 2.75) is 4.90 Å². The molecule has 0 fully saturated rings. The van der Waals surface area contributed by atoms with Crippen molar-refractivity contribution in [3.63, 3.8) is 0 Å². The van der Waals surface area contributed by atoms with Gasteiger partial charge in [0, 0.05) is 5.69 Å². The molecule has 110 valence electrons. The highest BCUT2D eigenvalue weighted by Gasteiger charge is 2.12. The molecular formula is C14H15N3O3S. The molecule has 2 rings (SSSR count). The average Bonchev–Trinajstić information content (AvgIpc) is 2.48. The quantitative estimate of drug-likeness (QED) is 0.663. The molecule has 6 nitrogen and oxygen atoms in total. The predicted molar refractivity (Wildman–Crippen MR) is 81.9 cm³/mol. The number of methoxy groups -OCH3 is 1. The summed E-state index contributed by atoms with van der Waals surface area (Å²) in [6, 6.07) is 14.7. The lowest BCUT2D eigenvalue weighted by molar-refractivity contribution is 0.415. The Morgan fingerprint density at radius 2 is 1.71 bits per heavy atom. The van der Waals surface area contributed by atoms with Crippen molar-refractivity contribution in [2.75, 3.05) is 12.4 Å². The number of guanidine groups is 1. The number of benzene rings is 2. The van der Waals surface area contributed by atoms with E-state index in [-0.39, 0.29) is 10.9 Å². The monoisotopic (exact) mass is 305 g/mol. The van der Waals surface area contributed by atoms with E-state index in [1.165, 1.54) is 12.1 Å². The first-order chi connectivity index (χ1) is 10.0. The SMILES string of the molecule is COc1ccc(NC(N)=NS(=O)(=O)c2ccccc2)cc1. The molecule has 0 atom stereocenters. The van der Waals surface area contributed by atoms with Crippen LogP contribution in [-0.4, -0.2) is 21.5 Å². The van der Waals surface area contributed by atoms with Crippen molar-refractivity contribution in [2.24, 2.45) is 10.1 Å². The molecule has 21 heavy (non-hydrogen) atoms. The number of hydrogen-bond donors (Lipinski definition) is 2. The van der Waals surface area contributed by atoms with Crippen molar-refractivity contribution >= 4 is 21.7 Å². The van der Waals surface area contributed by atoms with E-state index in [1.807, 2.05) is 0 Å². The van der Waals surface area contributed by atoms with Crippen LogP contribution in [0.4, 0.5) is 5.69 Å². The lowest BCUT2D eigenvalue weighted by Crippen LogP contribution is -2.24. The van der Waals surface area contributed by atoms with Gasteiger partial charge in [-0.2, -0.15) is 8.42 Å². The third kappa shape index (κ3) is 3.96. The van der Waals surface area contributed by atoms with Crippen LogP contribution in [0.3, 0.4) is 0 Å². The first-order valence-electron chi connectivity index (χ1n) is 6.08. The molecule has 0 aliphatic rings. The van der Waals surface area contributed by atoms with Crippen molar-refractivity contribution in [3.05, 3.63) is 54.6 Å². The second-order valence-corrected chi connectivity index (χ2v) is 5.72. The van der Waals surface area contributed by atoms with E-state index in [9.17, 15) is 8.42 Å². The van der Waals surface area contributed by atoms with Crippen LogP contribution < -0.4 is 15.8 Å². The number of nitrogens with two attached hydrogens (primary N) is 1. The van der Waals surface area contributed by atoms with Crippen LogP contribution in [0.15, 0.2) is 63.9 Å². The average molecular weight is 305 g/mol. The summed E-state index contributed by atoms with van der Waals surface area (Å²) in [5.41, 5.74) is 6.24. The summed E-state index contributed by atoms with van der Waals surface area (Å²) in [4.78, 5) is 0.0875. The summed E-state index contributed by atoms with van der Waals surface area (Å²) in [6.07, 6.45) is 0. The second kappa shape index (κ2) is 6.27. The zero-order chi connectivity index (χ0) is 15.3. The highest BCUT2D eigenvalue weighted by atomic mass is 32.2. The number of nitrogens with zero attached hydrogens (tertiary/aromatic N) is 1. The lowest BCUT2D eigenvalue weighted by Gasteiger charge is -2.06. The van der Waals surface area contributed by atoms with Crippen LogP contribution in [0.25, 0.3) is 0 Å². The Morgan fingerprint density at radius 3 is 2.29 bits per heavy atom. The number of rotatable bonds is 4. The van der Waals surface area contributed by atoms with Gasteiger partial charge in [-0.05, 0) is 36.4 Å². The van der Waals surface area contributed by atoms with Crippen molar-refractivity contribution in [1.82, 2.24) is 0 Å². The van der Waals surface area contributed by atoms with Crippen molar-refractivity contribution < 1.29 is 13.2 Å². The standard InChI is InChI=1S/C14H15N3O3S/c1-20-12-9-7-11(8-10-12)16-14(15)17-21(18,19)13-5-3-2-4-6-13/h2-10H,1H3,(H3,15,16,17). The fourth-order valence-electron chi connectivity index (χ4n) is 1.62. The molecule has 0 saturated carbocycles. The third-order valence-corrected chi connectivity index (χ3v) is 3.93. The van der Waals surface area contributed by atoms with Crippen LogP contribution in [0.2, 0.25) is 0 Å². The predicted octanol–water partition coefficient (Wildman–Crippen LogP) is 1.81. The molecule has 2 aromatic carbocycles. The van der Waals surface area contributed by atoms with E-state index in [0.29, 0.717) is 11.4 Å². The molecule has 0 aliphatic carbocycles. The first kappa shape index (κ1) is 14.9. The lowest BCUT2D eigenvalue weighted by atomic mass is 10.3. The molecule has 0 saturated heterocycles. The molecule has 7 heteroatoms. The summed E-state index contributed by atoms with van der Waals surface area (Å²) in [5.74, 6) is 0.483. The molecule has 0 aliphatic heterocycles. The van der Waals surface area contributed by atoms with Gasteiger partial charge >= 0.3 is 0 Å². The molecule has 0 unspecified atom stereocenters. The highest BCUT2D eigenvalue weighted by molar-refractivity contribution is 7.90.